The summed E-state index contributed by atoms with van der Waals surface area (Å²) in [4.78, 5) is 17.5. The van der Waals surface area contributed by atoms with Crippen molar-refractivity contribution in [3.05, 3.63) is 58.3 Å². The number of anilines is 2. The normalized spacial score (nSPS) is 15.1. The fourth-order valence-corrected chi connectivity index (χ4v) is 4.52. The third-order valence-corrected chi connectivity index (χ3v) is 6.71. The molecule has 1 fully saturated rings. The lowest BCUT2D eigenvalue weighted by atomic mass is 9.98. The van der Waals surface area contributed by atoms with E-state index in [9.17, 15) is 10.1 Å². The van der Waals surface area contributed by atoms with E-state index in [1.165, 1.54) is 0 Å². The molecule has 8 nitrogen and oxygen atoms in total. The third kappa shape index (κ3) is 4.39. The van der Waals surface area contributed by atoms with Crippen LogP contribution in [0.2, 0.25) is 0 Å². The molecule has 1 atom stereocenters. The van der Waals surface area contributed by atoms with Crippen molar-refractivity contribution in [2.75, 3.05) is 50.9 Å². The summed E-state index contributed by atoms with van der Waals surface area (Å²) >= 11 is 0. The van der Waals surface area contributed by atoms with Gasteiger partial charge in [0.05, 0.1) is 28.9 Å². The first kappa shape index (κ1) is 23.5. The van der Waals surface area contributed by atoms with Crippen molar-refractivity contribution < 1.29 is 4.79 Å². The van der Waals surface area contributed by atoms with E-state index < -0.39 is 0 Å². The maximum Gasteiger partial charge on any atom is 0.256 e. The number of carbonyl (C=O) groups is 1. The Morgan fingerprint density at radius 3 is 2.53 bits per heavy atom. The zero-order valence-electron chi connectivity index (χ0n) is 20.4. The van der Waals surface area contributed by atoms with Gasteiger partial charge in [-0.25, -0.2) is 0 Å². The fraction of sp³-hybridized carbons (Fsp3) is 0.385. The summed E-state index contributed by atoms with van der Waals surface area (Å²) in [5.41, 5.74) is 4.83. The highest BCUT2D eigenvalue weighted by Gasteiger charge is 2.24. The quantitative estimate of drug-likeness (QED) is 0.603. The molecule has 2 N–H and O–H groups in total. The van der Waals surface area contributed by atoms with Gasteiger partial charge < -0.3 is 20.4 Å². The summed E-state index contributed by atoms with van der Waals surface area (Å²) < 4.78 is 0. The molecule has 0 aliphatic carbocycles. The molecule has 4 rings (SSSR count). The molecule has 1 saturated heterocycles. The molecular weight excluding hydrogens is 426 g/mol. The average Bonchev–Trinajstić information content (AvgIpc) is 2.85. The lowest BCUT2D eigenvalue weighted by Crippen LogP contribution is -2.47. The minimum Gasteiger partial charge on any atom is -0.387 e. The van der Waals surface area contributed by atoms with Crippen molar-refractivity contribution in [3.63, 3.8) is 0 Å². The zero-order chi connectivity index (χ0) is 24.4. The standard InChI is InChI=1S/C26H31N7O/c1-16-19(15-27)7-6-8-20(16)17(2)29-25-22-14-24(28-4)23(13-21(22)18(3)30-31-25)26(34)33-11-9-32(5)10-12-33/h6-8,13-14,17,28H,9-12H2,1-5H3,(H,29,31). The minimum absolute atomic E-state index is 0.0300. The molecule has 34 heavy (non-hydrogen) atoms. The van der Waals surface area contributed by atoms with Crippen LogP contribution in [-0.4, -0.2) is 66.2 Å². The maximum absolute atomic E-state index is 13.4. The smallest absolute Gasteiger partial charge is 0.256 e. The highest BCUT2D eigenvalue weighted by Crippen LogP contribution is 2.32. The molecule has 1 amide bonds. The number of hydrogen-bond acceptors (Lipinski definition) is 7. The van der Waals surface area contributed by atoms with Crippen LogP contribution in [-0.2, 0) is 0 Å². The lowest BCUT2D eigenvalue weighted by Gasteiger charge is -2.33. The van der Waals surface area contributed by atoms with Gasteiger partial charge in [0.1, 0.15) is 0 Å². The van der Waals surface area contributed by atoms with Gasteiger partial charge in [-0.3, -0.25) is 4.79 Å². The van der Waals surface area contributed by atoms with Crippen molar-refractivity contribution in [1.82, 2.24) is 20.0 Å². The Balaban J connectivity index is 1.72. The summed E-state index contributed by atoms with van der Waals surface area (Å²) in [6.45, 7) is 9.09. The van der Waals surface area contributed by atoms with E-state index in [1.54, 1.807) is 0 Å². The number of aromatic nitrogens is 2. The highest BCUT2D eigenvalue weighted by molar-refractivity contribution is 6.06. The molecule has 8 heteroatoms. The zero-order valence-corrected chi connectivity index (χ0v) is 20.4. The summed E-state index contributed by atoms with van der Waals surface area (Å²) in [6.07, 6.45) is 0. The Kier molecular flexibility index (Phi) is 6.66. The number of nitriles is 1. The second-order valence-corrected chi connectivity index (χ2v) is 8.92. The summed E-state index contributed by atoms with van der Waals surface area (Å²) in [6, 6.07) is 11.8. The van der Waals surface area contributed by atoms with Crippen molar-refractivity contribution in [2.24, 2.45) is 0 Å². The topological polar surface area (TPSA) is 97.2 Å². The first-order valence-corrected chi connectivity index (χ1v) is 11.6. The van der Waals surface area contributed by atoms with Gasteiger partial charge in [0, 0.05) is 49.7 Å². The second-order valence-electron chi connectivity index (χ2n) is 8.92. The number of aryl methyl sites for hydroxylation is 1. The van der Waals surface area contributed by atoms with Crippen LogP contribution in [0.1, 0.15) is 45.7 Å². The van der Waals surface area contributed by atoms with Gasteiger partial charge in [0.25, 0.3) is 5.91 Å². The minimum atomic E-state index is -0.0850. The molecule has 0 bridgehead atoms. The Morgan fingerprint density at radius 1 is 1.12 bits per heavy atom. The van der Waals surface area contributed by atoms with Crippen LogP contribution in [0.4, 0.5) is 11.5 Å². The number of nitrogens with one attached hydrogen (secondary N) is 2. The van der Waals surface area contributed by atoms with Crippen molar-refractivity contribution in [1.29, 1.82) is 5.26 Å². The number of rotatable bonds is 5. The summed E-state index contributed by atoms with van der Waals surface area (Å²) in [7, 11) is 3.91. The van der Waals surface area contributed by atoms with Gasteiger partial charge >= 0.3 is 0 Å². The predicted molar refractivity (Wildman–Crippen MR) is 135 cm³/mol. The molecule has 1 aliphatic heterocycles. The Hall–Kier alpha value is -3.70. The van der Waals surface area contributed by atoms with E-state index in [0.29, 0.717) is 16.9 Å². The van der Waals surface area contributed by atoms with Crippen LogP contribution < -0.4 is 10.6 Å². The van der Waals surface area contributed by atoms with Gasteiger partial charge in [-0.1, -0.05) is 12.1 Å². The number of hydrogen-bond donors (Lipinski definition) is 2. The molecule has 176 valence electrons. The molecule has 1 aliphatic rings. The Labute approximate surface area is 200 Å². The van der Waals surface area contributed by atoms with E-state index in [0.717, 1.165) is 59.5 Å². The van der Waals surface area contributed by atoms with E-state index >= 15 is 0 Å². The molecule has 2 aromatic carbocycles. The number of benzene rings is 2. The Bertz CT molecular complexity index is 1270. The van der Waals surface area contributed by atoms with E-state index in [-0.39, 0.29) is 11.9 Å². The molecular formula is C26H31N7O. The largest absolute Gasteiger partial charge is 0.387 e. The maximum atomic E-state index is 13.4. The summed E-state index contributed by atoms with van der Waals surface area (Å²) in [5.74, 6) is 0.673. The van der Waals surface area contributed by atoms with Crippen molar-refractivity contribution in [2.45, 2.75) is 26.8 Å². The lowest BCUT2D eigenvalue weighted by molar-refractivity contribution is 0.0665. The van der Waals surface area contributed by atoms with Gasteiger partial charge in [0.2, 0.25) is 0 Å². The molecule has 1 aromatic heterocycles. The summed E-state index contributed by atoms with van der Waals surface area (Å²) in [5, 5.41) is 26.7. The third-order valence-electron chi connectivity index (χ3n) is 6.71. The van der Waals surface area contributed by atoms with Crippen LogP contribution in [0.3, 0.4) is 0 Å². The monoisotopic (exact) mass is 457 g/mol. The highest BCUT2D eigenvalue weighted by atomic mass is 16.2. The fourth-order valence-electron chi connectivity index (χ4n) is 4.52. The first-order chi connectivity index (χ1) is 16.3. The Morgan fingerprint density at radius 2 is 1.85 bits per heavy atom. The SMILES string of the molecule is CNc1cc2c(NC(C)c3cccc(C#N)c3C)nnc(C)c2cc1C(=O)N1CCN(C)CC1. The van der Waals surface area contributed by atoms with Gasteiger partial charge in [0.15, 0.2) is 5.82 Å². The van der Waals surface area contributed by atoms with Crippen molar-refractivity contribution >= 4 is 28.2 Å². The number of fused-ring (bicyclic) bond motifs is 1. The average molecular weight is 458 g/mol. The molecule has 0 radical (unpaired) electrons. The first-order valence-electron chi connectivity index (χ1n) is 11.6. The number of amides is 1. The van der Waals surface area contributed by atoms with Crippen LogP contribution >= 0.6 is 0 Å². The van der Waals surface area contributed by atoms with Crippen molar-refractivity contribution in [3.8, 4) is 6.07 Å². The molecule has 0 spiro atoms. The molecule has 3 aromatic rings. The number of nitrogens with zero attached hydrogens (tertiary/aromatic N) is 5. The van der Waals surface area contributed by atoms with E-state index in [2.05, 4.69) is 38.8 Å². The van der Waals surface area contributed by atoms with Crippen LogP contribution in [0.5, 0.6) is 0 Å². The second kappa shape index (κ2) is 9.65. The van der Waals surface area contributed by atoms with Gasteiger partial charge in [-0.05, 0) is 57.1 Å². The van der Waals surface area contributed by atoms with Crippen LogP contribution in [0.25, 0.3) is 10.8 Å². The van der Waals surface area contributed by atoms with Crippen LogP contribution in [0, 0.1) is 25.2 Å². The predicted octanol–water partition coefficient (Wildman–Crippen LogP) is 3.72. The number of carbonyl (C=O) groups excluding carboxylic acids is 1. The molecule has 1 unspecified atom stereocenters. The van der Waals surface area contributed by atoms with Gasteiger partial charge in [-0.15, -0.1) is 5.10 Å². The van der Waals surface area contributed by atoms with Gasteiger partial charge in [-0.2, -0.15) is 10.4 Å². The van der Waals surface area contributed by atoms with Crippen LogP contribution in [0.15, 0.2) is 30.3 Å². The number of likely N-dealkylation sites (N-methyl/N-ethyl adjacent to an activating group) is 1. The molecule has 0 saturated carbocycles. The molecule has 2 heterocycles. The van der Waals surface area contributed by atoms with E-state index in [1.807, 2.05) is 63.1 Å². The van der Waals surface area contributed by atoms with E-state index in [4.69, 9.17) is 0 Å². The number of piperazine rings is 1.